The summed E-state index contributed by atoms with van der Waals surface area (Å²) in [5.74, 6) is 0.749. The van der Waals surface area contributed by atoms with Gasteiger partial charge in [-0.25, -0.2) is 0 Å². The van der Waals surface area contributed by atoms with E-state index in [4.69, 9.17) is 4.74 Å². The van der Waals surface area contributed by atoms with Gasteiger partial charge in [0, 0.05) is 19.1 Å². The highest BCUT2D eigenvalue weighted by atomic mass is 16.5. The van der Waals surface area contributed by atoms with Crippen molar-refractivity contribution in [2.75, 3.05) is 19.7 Å². The average Bonchev–Trinajstić information content (AvgIpc) is 3.03. The second-order valence-corrected chi connectivity index (χ2v) is 6.92. The van der Waals surface area contributed by atoms with Crippen LogP contribution in [0.2, 0.25) is 0 Å². The third kappa shape index (κ3) is 3.45. The van der Waals surface area contributed by atoms with Gasteiger partial charge in [0.25, 0.3) is 0 Å². The number of aliphatic hydroxyl groups excluding tert-OH is 1. The summed E-state index contributed by atoms with van der Waals surface area (Å²) in [5, 5.41) is 21.1. The molecule has 1 saturated heterocycles. The molecule has 22 heavy (non-hydrogen) atoms. The fourth-order valence-corrected chi connectivity index (χ4v) is 3.73. The summed E-state index contributed by atoms with van der Waals surface area (Å²) in [7, 11) is 0. The summed E-state index contributed by atoms with van der Waals surface area (Å²) in [6.07, 6.45) is 4.89. The van der Waals surface area contributed by atoms with E-state index in [1.165, 1.54) is 25.7 Å². The first-order chi connectivity index (χ1) is 10.6. The van der Waals surface area contributed by atoms with E-state index < -0.39 is 11.7 Å². The average molecular weight is 305 g/mol. The molecular weight excluding hydrogens is 278 g/mol. The zero-order valence-electron chi connectivity index (χ0n) is 13.4. The van der Waals surface area contributed by atoms with E-state index in [-0.39, 0.29) is 6.61 Å². The van der Waals surface area contributed by atoms with E-state index in [1.54, 1.807) is 0 Å². The Bertz CT molecular complexity index is 501. The molecule has 0 bridgehead atoms. The molecule has 2 N–H and O–H groups in total. The van der Waals surface area contributed by atoms with Gasteiger partial charge in [-0.2, -0.15) is 0 Å². The molecule has 0 spiro atoms. The number of benzene rings is 1. The molecule has 1 aliphatic carbocycles. The summed E-state index contributed by atoms with van der Waals surface area (Å²) in [4.78, 5) is 2.35. The predicted octanol–water partition coefficient (Wildman–Crippen LogP) is 2.11. The second kappa shape index (κ2) is 6.57. The van der Waals surface area contributed by atoms with Crippen LogP contribution in [0, 0.1) is 6.92 Å². The molecule has 2 atom stereocenters. The lowest BCUT2D eigenvalue weighted by atomic mass is 9.89. The summed E-state index contributed by atoms with van der Waals surface area (Å²) in [5.41, 5.74) is -0.0498. The zero-order chi connectivity index (χ0) is 15.6. The lowest BCUT2D eigenvalue weighted by Crippen LogP contribution is -2.61. The number of nitrogens with zero attached hydrogens (tertiary/aromatic N) is 1. The molecule has 4 nitrogen and oxygen atoms in total. The van der Waals surface area contributed by atoms with Gasteiger partial charge in [-0.3, -0.25) is 4.90 Å². The summed E-state index contributed by atoms with van der Waals surface area (Å²) < 4.78 is 5.77. The number of aliphatic hydroxyl groups is 2. The smallest absolute Gasteiger partial charge is 0.137 e. The highest BCUT2D eigenvalue weighted by Gasteiger charge is 2.43. The molecule has 122 valence electrons. The Morgan fingerprint density at radius 1 is 1.27 bits per heavy atom. The quantitative estimate of drug-likeness (QED) is 0.894. The maximum absolute atomic E-state index is 10.9. The molecule has 0 amide bonds. The lowest BCUT2D eigenvalue weighted by molar-refractivity contribution is -0.144. The van der Waals surface area contributed by atoms with E-state index in [9.17, 15) is 10.2 Å². The molecular formula is C18H27NO3. The number of hydrogen-bond donors (Lipinski definition) is 2. The number of ether oxygens (including phenoxy) is 1. The topological polar surface area (TPSA) is 52.9 Å². The van der Waals surface area contributed by atoms with Gasteiger partial charge in [-0.1, -0.05) is 25.0 Å². The van der Waals surface area contributed by atoms with Crippen molar-refractivity contribution in [2.24, 2.45) is 0 Å². The van der Waals surface area contributed by atoms with E-state index in [2.05, 4.69) is 4.90 Å². The van der Waals surface area contributed by atoms with Crippen LogP contribution in [-0.2, 0) is 0 Å². The predicted molar refractivity (Wildman–Crippen MR) is 86.1 cm³/mol. The van der Waals surface area contributed by atoms with E-state index >= 15 is 0 Å². The molecule has 1 heterocycles. The van der Waals surface area contributed by atoms with Crippen molar-refractivity contribution >= 4 is 0 Å². The molecule has 1 aromatic carbocycles. The van der Waals surface area contributed by atoms with Crippen molar-refractivity contribution in [2.45, 2.75) is 56.8 Å². The Hall–Kier alpha value is -1.10. The van der Waals surface area contributed by atoms with Crippen LogP contribution in [0.15, 0.2) is 24.3 Å². The van der Waals surface area contributed by atoms with Gasteiger partial charge in [-0.15, -0.1) is 0 Å². The molecule has 2 aliphatic rings. The Labute approximate surface area is 132 Å². The molecule has 0 unspecified atom stereocenters. The van der Waals surface area contributed by atoms with Gasteiger partial charge in [0.05, 0.1) is 6.10 Å². The zero-order valence-corrected chi connectivity index (χ0v) is 13.4. The number of β-amino-alcohol motifs (C(OH)–C–C–N with tert-alkyl or cyclic N) is 1. The van der Waals surface area contributed by atoms with Gasteiger partial charge in [0.2, 0.25) is 0 Å². The minimum Gasteiger partial charge on any atom is -0.490 e. The van der Waals surface area contributed by atoms with Crippen LogP contribution in [-0.4, -0.2) is 52.6 Å². The van der Waals surface area contributed by atoms with Gasteiger partial charge < -0.3 is 14.9 Å². The SMILES string of the molecule is Cc1cccc(OC[C@@]2(O)CN(C3CCCC3)CC[C@@H]2O)c1. The van der Waals surface area contributed by atoms with Crippen molar-refractivity contribution in [3.05, 3.63) is 29.8 Å². The molecule has 2 fully saturated rings. The molecule has 0 aromatic heterocycles. The molecule has 1 saturated carbocycles. The molecule has 3 rings (SSSR count). The second-order valence-electron chi connectivity index (χ2n) is 6.92. The number of piperidine rings is 1. The summed E-state index contributed by atoms with van der Waals surface area (Å²) in [6.45, 7) is 3.53. The fraction of sp³-hybridized carbons (Fsp3) is 0.667. The first-order valence-electron chi connectivity index (χ1n) is 8.41. The van der Waals surface area contributed by atoms with Gasteiger partial charge >= 0.3 is 0 Å². The lowest BCUT2D eigenvalue weighted by Gasteiger charge is -2.44. The number of hydrogen-bond acceptors (Lipinski definition) is 4. The Kier molecular flexibility index (Phi) is 4.71. The molecule has 1 aliphatic heterocycles. The maximum Gasteiger partial charge on any atom is 0.137 e. The van der Waals surface area contributed by atoms with Crippen molar-refractivity contribution in [3.8, 4) is 5.75 Å². The van der Waals surface area contributed by atoms with E-state index in [0.29, 0.717) is 19.0 Å². The standard InChI is InChI=1S/C18H27NO3/c1-14-5-4-8-16(11-14)22-13-18(21)12-19(10-9-17(18)20)15-6-2-3-7-15/h4-5,8,11,15,17,20-21H,2-3,6-7,9-10,12-13H2,1H3/t17-,18-/m0/s1. The van der Waals surface area contributed by atoms with Crippen LogP contribution in [0.4, 0.5) is 0 Å². The van der Waals surface area contributed by atoms with Crippen molar-refractivity contribution in [3.63, 3.8) is 0 Å². The van der Waals surface area contributed by atoms with E-state index in [0.717, 1.165) is 17.9 Å². The van der Waals surface area contributed by atoms with Crippen LogP contribution < -0.4 is 4.74 Å². The highest BCUT2D eigenvalue weighted by Crippen LogP contribution is 2.30. The fourth-order valence-electron chi connectivity index (χ4n) is 3.73. The Morgan fingerprint density at radius 2 is 2.05 bits per heavy atom. The van der Waals surface area contributed by atoms with Crippen LogP contribution >= 0.6 is 0 Å². The van der Waals surface area contributed by atoms with Crippen LogP contribution in [0.5, 0.6) is 5.75 Å². The molecule has 1 aromatic rings. The third-order valence-corrected chi connectivity index (χ3v) is 5.11. The van der Waals surface area contributed by atoms with Gasteiger partial charge in [0.15, 0.2) is 0 Å². The minimum atomic E-state index is -1.18. The monoisotopic (exact) mass is 305 g/mol. The van der Waals surface area contributed by atoms with Crippen LogP contribution in [0.25, 0.3) is 0 Å². The first kappa shape index (κ1) is 15.8. The first-order valence-corrected chi connectivity index (χ1v) is 8.41. The highest BCUT2D eigenvalue weighted by molar-refractivity contribution is 5.27. The molecule has 4 heteroatoms. The van der Waals surface area contributed by atoms with Crippen molar-refractivity contribution < 1.29 is 14.9 Å². The van der Waals surface area contributed by atoms with Crippen LogP contribution in [0.1, 0.15) is 37.7 Å². The van der Waals surface area contributed by atoms with Gasteiger partial charge in [0.1, 0.15) is 18.0 Å². The number of aryl methyl sites for hydroxylation is 1. The van der Waals surface area contributed by atoms with E-state index in [1.807, 2.05) is 31.2 Å². The summed E-state index contributed by atoms with van der Waals surface area (Å²) >= 11 is 0. The van der Waals surface area contributed by atoms with Crippen LogP contribution in [0.3, 0.4) is 0 Å². The molecule has 0 radical (unpaired) electrons. The summed E-state index contributed by atoms with van der Waals surface area (Å²) in [6, 6.07) is 8.36. The number of rotatable bonds is 4. The largest absolute Gasteiger partial charge is 0.490 e. The third-order valence-electron chi connectivity index (χ3n) is 5.11. The Morgan fingerprint density at radius 3 is 2.77 bits per heavy atom. The number of likely N-dealkylation sites (tertiary alicyclic amines) is 1. The van der Waals surface area contributed by atoms with Gasteiger partial charge in [-0.05, 0) is 43.9 Å². The van der Waals surface area contributed by atoms with Crippen molar-refractivity contribution in [1.82, 2.24) is 4.90 Å². The minimum absolute atomic E-state index is 0.140. The normalized spacial score (nSPS) is 30.6. The Balaban J connectivity index is 1.63. The maximum atomic E-state index is 10.9. The van der Waals surface area contributed by atoms with Crippen molar-refractivity contribution in [1.29, 1.82) is 0 Å².